The Morgan fingerprint density at radius 3 is 1.88 bits per heavy atom. The number of anilines is 3. The Labute approximate surface area is 247 Å². The topological polar surface area (TPSA) is 29.5 Å². The summed E-state index contributed by atoms with van der Waals surface area (Å²) < 4.78 is 12.8. The fourth-order valence-electron chi connectivity index (χ4n) is 6.44. The minimum absolute atomic E-state index is 0.864. The molecule has 0 aliphatic carbocycles. The fourth-order valence-corrected chi connectivity index (χ4v) is 6.44. The minimum atomic E-state index is 0.864. The first-order chi connectivity index (χ1) is 21.3. The van der Waals surface area contributed by atoms with Crippen LogP contribution in [-0.2, 0) is 0 Å². The number of hydrogen-bond acceptors (Lipinski definition) is 3. The number of fused-ring (bicyclic) bond motifs is 8. The van der Waals surface area contributed by atoms with Crippen molar-refractivity contribution in [3.8, 4) is 11.1 Å². The highest BCUT2D eigenvalue weighted by molar-refractivity contribution is 6.19. The van der Waals surface area contributed by atoms with Crippen molar-refractivity contribution >= 4 is 71.7 Å². The highest BCUT2D eigenvalue weighted by atomic mass is 16.3. The van der Waals surface area contributed by atoms with E-state index >= 15 is 0 Å². The summed E-state index contributed by atoms with van der Waals surface area (Å²) in [5.41, 5.74) is 9.00. The van der Waals surface area contributed by atoms with Crippen LogP contribution in [0.3, 0.4) is 0 Å². The maximum Gasteiger partial charge on any atom is 0.159 e. The molecule has 3 heteroatoms. The second-order valence-electron chi connectivity index (χ2n) is 10.9. The number of benzene rings is 7. The number of para-hydroxylation sites is 3. The first kappa shape index (κ1) is 23.9. The molecule has 0 saturated heterocycles. The lowest BCUT2D eigenvalue weighted by atomic mass is 10.0. The highest BCUT2D eigenvalue weighted by Crippen LogP contribution is 2.44. The summed E-state index contributed by atoms with van der Waals surface area (Å²) in [6.45, 7) is 0. The fraction of sp³-hybridized carbons (Fsp3) is 0. The molecule has 0 bridgehead atoms. The molecule has 0 unspecified atom stereocenters. The Morgan fingerprint density at radius 2 is 1.05 bits per heavy atom. The maximum atomic E-state index is 6.55. The Morgan fingerprint density at radius 1 is 0.395 bits per heavy atom. The van der Waals surface area contributed by atoms with Crippen molar-refractivity contribution in [2.45, 2.75) is 0 Å². The molecular weight excluding hydrogens is 526 g/mol. The summed E-state index contributed by atoms with van der Waals surface area (Å²) in [6, 6.07) is 53.1. The van der Waals surface area contributed by atoms with Crippen molar-refractivity contribution in [2.75, 3.05) is 4.90 Å². The van der Waals surface area contributed by atoms with E-state index in [1.165, 1.54) is 16.5 Å². The van der Waals surface area contributed by atoms with Gasteiger partial charge in [-0.05, 0) is 70.4 Å². The monoisotopic (exact) mass is 551 g/mol. The zero-order valence-corrected chi connectivity index (χ0v) is 23.2. The first-order valence-electron chi connectivity index (χ1n) is 14.5. The van der Waals surface area contributed by atoms with E-state index in [2.05, 4.69) is 126 Å². The summed E-state index contributed by atoms with van der Waals surface area (Å²) in [5.74, 6) is 0. The average Bonchev–Trinajstić information content (AvgIpc) is 3.65. The predicted molar refractivity (Wildman–Crippen MR) is 179 cm³/mol. The molecule has 0 aliphatic rings. The van der Waals surface area contributed by atoms with Crippen LogP contribution in [-0.4, -0.2) is 0 Å². The lowest BCUT2D eigenvalue weighted by Gasteiger charge is -2.26. The minimum Gasteiger partial charge on any atom is -0.456 e. The van der Waals surface area contributed by atoms with Gasteiger partial charge in [-0.15, -0.1) is 0 Å². The van der Waals surface area contributed by atoms with Crippen molar-refractivity contribution in [3.63, 3.8) is 0 Å². The number of hydrogen-bond donors (Lipinski definition) is 0. The van der Waals surface area contributed by atoms with Gasteiger partial charge in [0.25, 0.3) is 0 Å². The quantitative estimate of drug-likeness (QED) is 0.218. The van der Waals surface area contributed by atoms with Gasteiger partial charge in [-0.3, -0.25) is 0 Å². The van der Waals surface area contributed by atoms with E-state index in [9.17, 15) is 0 Å². The second-order valence-corrected chi connectivity index (χ2v) is 10.9. The van der Waals surface area contributed by atoms with E-state index < -0.39 is 0 Å². The number of nitrogens with zero attached hydrogens (tertiary/aromatic N) is 1. The summed E-state index contributed by atoms with van der Waals surface area (Å²) in [4.78, 5) is 2.31. The summed E-state index contributed by atoms with van der Waals surface area (Å²) in [7, 11) is 0. The molecule has 0 saturated carbocycles. The van der Waals surface area contributed by atoms with Gasteiger partial charge in [-0.1, -0.05) is 103 Å². The van der Waals surface area contributed by atoms with Crippen molar-refractivity contribution < 1.29 is 8.83 Å². The average molecular weight is 552 g/mol. The van der Waals surface area contributed by atoms with E-state index in [4.69, 9.17) is 8.83 Å². The van der Waals surface area contributed by atoms with Crippen LogP contribution >= 0.6 is 0 Å². The molecule has 9 rings (SSSR count). The van der Waals surface area contributed by atoms with Gasteiger partial charge in [0.05, 0.1) is 5.69 Å². The number of furan rings is 2. The smallest absolute Gasteiger partial charge is 0.159 e. The Hall–Kier alpha value is -5.80. The van der Waals surface area contributed by atoms with E-state index in [0.29, 0.717) is 0 Å². The zero-order chi connectivity index (χ0) is 28.3. The SMILES string of the molecule is c1ccc(-c2ccc(N(c3ccc4ccc5oc6ccccc6c5c4c3)c3cccc4c3oc3ccccc34)cc2)cc1. The van der Waals surface area contributed by atoms with Crippen LogP contribution in [0.1, 0.15) is 0 Å². The van der Waals surface area contributed by atoms with Crippen LogP contribution in [0.4, 0.5) is 17.1 Å². The molecule has 2 aromatic heterocycles. The highest BCUT2D eigenvalue weighted by Gasteiger charge is 2.20. The Balaban J connectivity index is 1.31. The standard InChI is InChI=1S/C40H25NO2/c1-2-9-26(10-3-1)27-17-21-29(22-18-27)41(35-14-8-13-32-31-11-4-6-15-36(31)43-40(32)35)30-23-19-28-20-24-38-39(34(28)25-30)33-12-5-7-16-37(33)42-38/h1-25H. The van der Waals surface area contributed by atoms with Gasteiger partial charge in [-0.25, -0.2) is 0 Å². The molecule has 202 valence electrons. The van der Waals surface area contributed by atoms with Crippen LogP contribution in [0.15, 0.2) is 160 Å². The molecule has 3 nitrogen and oxygen atoms in total. The molecule has 0 amide bonds. The van der Waals surface area contributed by atoms with E-state index in [1.807, 2.05) is 30.3 Å². The summed E-state index contributed by atoms with van der Waals surface area (Å²) >= 11 is 0. The molecule has 0 spiro atoms. The second kappa shape index (κ2) is 9.37. The summed E-state index contributed by atoms with van der Waals surface area (Å²) in [6.07, 6.45) is 0. The van der Waals surface area contributed by atoms with Crippen LogP contribution in [0.5, 0.6) is 0 Å². The molecule has 0 N–H and O–H groups in total. The molecule has 9 aromatic rings. The van der Waals surface area contributed by atoms with E-state index in [1.54, 1.807) is 0 Å². The largest absolute Gasteiger partial charge is 0.456 e. The van der Waals surface area contributed by atoms with Crippen LogP contribution in [0, 0.1) is 0 Å². The lowest BCUT2D eigenvalue weighted by Crippen LogP contribution is -2.10. The third-order valence-electron chi connectivity index (χ3n) is 8.46. The number of rotatable bonds is 4. The Bertz CT molecular complexity index is 2450. The molecule has 0 atom stereocenters. The molecular formula is C40H25NO2. The van der Waals surface area contributed by atoms with Crippen molar-refractivity contribution in [3.05, 3.63) is 152 Å². The third kappa shape index (κ3) is 3.75. The molecule has 0 aliphatic heterocycles. The molecule has 43 heavy (non-hydrogen) atoms. The predicted octanol–water partition coefficient (Wildman–Crippen LogP) is 11.8. The van der Waals surface area contributed by atoms with Crippen LogP contribution in [0.2, 0.25) is 0 Å². The third-order valence-corrected chi connectivity index (χ3v) is 8.46. The maximum absolute atomic E-state index is 6.55. The van der Waals surface area contributed by atoms with Crippen molar-refractivity contribution in [1.82, 2.24) is 0 Å². The molecule has 0 radical (unpaired) electrons. The molecule has 2 heterocycles. The van der Waals surface area contributed by atoms with Crippen LogP contribution < -0.4 is 4.90 Å². The summed E-state index contributed by atoms with van der Waals surface area (Å²) in [5, 5.41) is 6.80. The molecule has 0 fully saturated rings. The van der Waals surface area contributed by atoms with Crippen LogP contribution in [0.25, 0.3) is 65.8 Å². The van der Waals surface area contributed by atoms with Gasteiger partial charge in [-0.2, -0.15) is 0 Å². The van der Waals surface area contributed by atoms with Gasteiger partial charge >= 0.3 is 0 Å². The zero-order valence-electron chi connectivity index (χ0n) is 23.2. The van der Waals surface area contributed by atoms with E-state index in [0.717, 1.165) is 66.3 Å². The van der Waals surface area contributed by atoms with Crippen molar-refractivity contribution in [2.24, 2.45) is 0 Å². The normalized spacial score (nSPS) is 11.7. The first-order valence-corrected chi connectivity index (χ1v) is 14.5. The van der Waals surface area contributed by atoms with Gasteiger partial charge in [0.15, 0.2) is 5.58 Å². The Kier molecular flexibility index (Phi) is 5.20. The van der Waals surface area contributed by atoms with Gasteiger partial charge in [0.1, 0.15) is 16.7 Å². The van der Waals surface area contributed by atoms with Gasteiger partial charge in [0.2, 0.25) is 0 Å². The van der Waals surface area contributed by atoms with Crippen molar-refractivity contribution in [1.29, 1.82) is 0 Å². The lowest BCUT2D eigenvalue weighted by molar-refractivity contribution is 0.668. The van der Waals surface area contributed by atoms with Gasteiger partial charge < -0.3 is 13.7 Å². The van der Waals surface area contributed by atoms with Gasteiger partial charge in [0, 0.05) is 32.9 Å². The molecule has 7 aromatic carbocycles. The van der Waals surface area contributed by atoms with E-state index in [-0.39, 0.29) is 0 Å².